The summed E-state index contributed by atoms with van der Waals surface area (Å²) >= 11 is 4.59. The second-order valence-corrected chi connectivity index (χ2v) is 5.35. The van der Waals surface area contributed by atoms with Crippen LogP contribution < -0.4 is 0 Å². The van der Waals surface area contributed by atoms with E-state index in [1.54, 1.807) is 0 Å². The maximum absolute atomic E-state index is 10.9. The predicted octanol–water partition coefficient (Wildman–Crippen LogP) is 2.11. The standard InChI is InChI=1S/C8H8BrNO3S/c9-8-10-5(7(11)12)6(14-8)4-1-2-13-3-4/h4H,1-3H2,(H,11,12). The van der Waals surface area contributed by atoms with Crippen molar-refractivity contribution < 1.29 is 14.6 Å². The Morgan fingerprint density at radius 2 is 2.50 bits per heavy atom. The van der Waals surface area contributed by atoms with Crippen molar-refractivity contribution in [3.05, 3.63) is 14.5 Å². The van der Waals surface area contributed by atoms with Crippen molar-refractivity contribution in [2.24, 2.45) is 0 Å². The molecule has 1 saturated heterocycles. The number of carboxylic acid groups (broad SMARTS) is 1. The molecule has 0 aliphatic carbocycles. The molecule has 76 valence electrons. The highest BCUT2D eigenvalue weighted by Crippen LogP contribution is 2.34. The molecule has 1 atom stereocenters. The largest absolute Gasteiger partial charge is 0.476 e. The molecule has 4 nitrogen and oxygen atoms in total. The maximum Gasteiger partial charge on any atom is 0.355 e. The molecular weight excluding hydrogens is 270 g/mol. The summed E-state index contributed by atoms with van der Waals surface area (Å²) in [5.74, 6) is -0.765. The second kappa shape index (κ2) is 3.96. The van der Waals surface area contributed by atoms with Crippen molar-refractivity contribution in [3.8, 4) is 0 Å². The van der Waals surface area contributed by atoms with Gasteiger partial charge in [-0.3, -0.25) is 0 Å². The Bertz CT molecular complexity index is 359. The maximum atomic E-state index is 10.9. The predicted molar refractivity (Wildman–Crippen MR) is 55.0 cm³/mol. The van der Waals surface area contributed by atoms with Gasteiger partial charge < -0.3 is 9.84 Å². The third kappa shape index (κ3) is 1.82. The van der Waals surface area contributed by atoms with Crippen LogP contribution in [0.2, 0.25) is 0 Å². The van der Waals surface area contributed by atoms with E-state index in [4.69, 9.17) is 9.84 Å². The third-order valence-electron chi connectivity index (χ3n) is 2.13. The number of rotatable bonds is 2. The number of carbonyl (C=O) groups is 1. The molecule has 6 heteroatoms. The van der Waals surface area contributed by atoms with E-state index in [-0.39, 0.29) is 11.6 Å². The van der Waals surface area contributed by atoms with Crippen molar-refractivity contribution in [3.63, 3.8) is 0 Å². The fourth-order valence-electron chi connectivity index (χ4n) is 1.48. The van der Waals surface area contributed by atoms with Gasteiger partial charge in [-0.2, -0.15) is 0 Å². The van der Waals surface area contributed by atoms with Crippen LogP contribution >= 0.6 is 27.3 Å². The van der Waals surface area contributed by atoms with Crippen molar-refractivity contribution in [2.45, 2.75) is 12.3 Å². The minimum Gasteiger partial charge on any atom is -0.476 e. The summed E-state index contributed by atoms with van der Waals surface area (Å²) in [6, 6.07) is 0. The summed E-state index contributed by atoms with van der Waals surface area (Å²) in [4.78, 5) is 15.6. The smallest absolute Gasteiger partial charge is 0.355 e. The van der Waals surface area contributed by atoms with Crippen molar-refractivity contribution in [1.29, 1.82) is 0 Å². The molecule has 1 aromatic heterocycles. The molecule has 0 amide bonds. The first-order valence-electron chi connectivity index (χ1n) is 4.15. The molecule has 1 aliphatic heterocycles. The molecular formula is C8H8BrNO3S. The Morgan fingerprint density at radius 1 is 1.71 bits per heavy atom. The van der Waals surface area contributed by atoms with Gasteiger partial charge in [-0.1, -0.05) is 0 Å². The number of aromatic carboxylic acids is 1. The summed E-state index contributed by atoms with van der Waals surface area (Å²) in [5, 5.41) is 8.92. The highest BCUT2D eigenvalue weighted by atomic mass is 79.9. The molecule has 1 aromatic rings. The van der Waals surface area contributed by atoms with E-state index in [0.29, 0.717) is 17.1 Å². The highest BCUT2D eigenvalue weighted by Gasteiger charge is 2.26. The average molecular weight is 278 g/mol. The summed E-state index contributed by atoms with van der Waals surface area (Å²) in [5.41, 5.74) is 0.164. The lowest BCUT2D eigenvalue weighted by molar-refractivity contribution is 0.0689. The van der Waals surface area contributed by atoms with E-state index >= 15 is 0 Å². The number of halogens is 1. The van der Waals surface area contributed by atoms with Gasteiger partial charge in [-0.15, -0.1) is 11.3 Å². The second-order valence-electron chi connectivity index (χ2n) is 3.05. The Labute approximate surface area is 93.0 Å². The number of carboxylic acids is 1. The number of hydrogen-bond acceptors (Lipinski definition) is 4. The number of ether oxygens (including phenoxy) is 1. The SMILES string of the molecule is O=C(O)c1nc(Br)sc1C1CCOC1. The van der Waals surface area contributed by atoms with Crippen LogP contribution in [0.1, 0.15) is 27.7 Å². The minimum absolute atomic E-state index is 0.164. The molecule has 0 spiro atoms. The van der Waals surface area contributed by atoms with Crippen LogP contribution in [0.5, 0.6) is 0 Å². The van der Waals surface area contributed by atoms with Crippen molar-refractivity contribution >= 4 is 33.2 Å². The van der Waals surface area contributed by atoms with Gasteiger partial charge >= 0.3 is 5.97 Å². The first-order valence-corrected chi connectivity index (χ1v) is 5.76. The number of aromatic nitrogens is 1. The van der Waals surface area contributed by atoms with E-state index in [1.165, 1.54) is 11.3 Å². The molecule has 1 fully saturated rings. The van der Waals surface area contributed by atoms with Gasteiger partial charge in [-0.25, -0.2) is 9.78 Å². The molecule has 0 bridgehead atoms. The monoisotopic (exact) mass is 277 g/mol. The van der Waals surface area contributed by atoms with Crippen LogP contribution in [0.15, 0.2) is 3.92 Å². The van der Waals surface area contributed by atoms with E-state index in [0.717, 1.165) is 11.3 Å². The number of thiazole rings is 1. The van der Waals surface area contributed by atoms with Crippen LogP contribution in [0.4, 0.5) is 0 Å². The minimum atomic E-state index is -0.964. The Balaban J connectivity index is 2.35. The lowest BCUT2D eigenvalue weighted by Gasteiger charge is -2.03. The topological polar surface area (TPSA) is 59.4 Å². The molecule has 2 rings (SSSR count). The fraction of sp³-hybridized carbons (Fsp3) is 0.500. The van der Waals surface area contributed by atoms with Crippen molar-refractivity contribution in [2.75, 3.05) is 13.2 Å². The first kappa shape index (κ1) is 10.1. The lowest BCUT2D eigenvalue weighted by Crippen LogP contribution is -2.05. The van der Waals surface area contributed by atoms with Gasteiger partial charge in [0.2, 0.25) is 0 Å². The van der Waals surface area contributed by atoms with Gasteiger partial charge in [0.15, 0.2) is 9.61 Å². The van der Waals surface area contributed by atoms with Crippen molar-refractivity contribution in [1.82, 2.24) is 4.98 Å². The van der Waals surface area contributed by atoms with E-state index in [2.05, 4.69) is 20.9 Å². The van der Waals surface area contributed by atoms with Gasteiger partial charge in [-0.05, 0) is 22.4 Å². The Morgan fingerprint density at radius 3 is 3.07 bits per heavy atom. The molecule has 14 heavy (non-hydrogen) atoms. The van der Waals surface area contributed by atoms with Crippen LogP contribution in [-0.4, -0.2) is 29.3 Å². The zero-order valence-corrected chi connectivity index (χ0v) is 9.60. The zero-order chi connectivity index (χ0) is 10.1. The molecule has 0 aromatic carbocycles. The van der Waals surface area contributed by atoms with E-state index in [1.807, 2.05) is 0 Å². The lowest BCUT2D eigenvalue weighted by atomic mass is 10.1. The van der Waals surface area contributed by atoms with Crippen LogP contribution in [0.3, 0.4) is 0 Å². The number of hydrogen-bond donors (Lipinski definition) is 1. The summed E-state index contributed by atoms with van der Waals surface area (Å²) in [7, 11) is 0. The Hall–Kier alpha value is -0.460. The number of nitrogens with zero attached hydrogens (tertiary/aromatic N) is 1. The normalized spacial score (nSPS) is 21.4. The fourth-order valence-corrected chi connectivity index (χ4v) is 3.08. The highest BCUT2D eigenvalue weighted by molar-refractivity contribution is 9.11. The first-order chi connectivity index (χ1) is 6.68. The zero-order valence-electron chi connectivity index (χ0n) is 7.20. The summed E-state index contributed by atoms with van der Waals surface area (Å²) < 4.78 is 5.85. The molecule has 0 saturated carbocycles. The molecule has 2 heterocycles. The molecule has 1 aliphatic rings. The van der Waals surface area contributed by atoms with Crippen LogP contribution in [0, 0.1) is 0 Å². The summed E-state index contributed by atoms with van der Waals surface area (Å²) in [6.07, 6.45) is 0.884. The van der Waals surface area contributed by atoms with Gasteiger partial charge in [0.25, 0.3) is 0 Å². The molecule has 1 N–H and O–H groups in total. The van der Waals surface area contributed by atoms with Gasteiger partial charge in [0.05, 0.1) is 6.61 Å². The quantitative estimate of drug-likeness (QED) is 0.900. The van der Waals surface area contributed by atoms with Crippen LogP contribution in [-0.2, 0) is 4.74 Å². The average Bonchev–Trinajstić information content (AvgIpc) is 2.70. The van der Waals surface area contributed by atoms with E-state index in [9.17, 15) is 4.79 Å². The van der Waals surface area contributed by atoms with E-state index < -0.39 is 5.97 Å². The van der Waals surface area contributed by atoms with Gasteiger partial charge in [0.1, 0.15) is 0 Å². The summed E-state index contributed by atoms with van der Waals surface area (Å²) in [6.45, 7) is 1.31. The Kier molecular flexibility index (Phi) is 2.85. The molecule has 0 radical (unpaired) electrons. The van der Waals surface area contributed by atoms with Gasteiger partial charge in [0, 0.05) is 17.4 Å². The van der Waals surface area contributed by atoms with Crippen LogP contribution in [0.25, 0.3) is 0 Å². The molecule has 1 unspecified atom stereocenters. The third-order valence-corrected chi connectivity index (χ3v) is 3.80.